The Kier molecular flexibility index (Phi) is 4.91. The lowest BCUT2D eigenvalue weighted by atomic mass is 9.99. The number of nitrogens with one attached hydrogen (secondary N) is 1. The van der Waals surface area contributed by atoms with E-state index in [-0.39, 0.29) is 0 Å². The zero-order valence-corrected chi connectivity index (χ0v) is 12.0. The highest BCUT2D eigenvalue weighted by molar-refractivity contribution is 5.48. The molecule has 1 heterocycles. The van der Waals surface area contributed by atoms with E-state index in [1.807, 2.05) is 7.05 Å². The van der Waals surface area contributed by atoms with Gasteiger partial charge >= 0.3 is 0 Å². The summed E-state index contributed by atoms with van der Waals surface area (Å²) < 4.78 is 0. The molecule has 1 N–H and O–H groups in total. The second-order valence-corrected chi connectivity index (χ2v) is 4.85. The third kappa shape index (κ3) is 2.96. The predicted octanol–water partition coefficient (Wildman–Crippen LogP) is 3.85. The Hall–Kier alpha value is -1.12. The third-order valence-corrected chi connectivity index (χ3v) is 3.32. The average Bonchev–Trinajstić information content (AvgIpc) is 2.29. The van der Waals surface area contributed by atoms with E-state index in [2.05, 4.69) is 39.9 Å². The van der Waals surface area contributed by atoms with Gasteiger partial charge in [-0.1, -0.05) is 27.7 Å². The van der Waals surface area contributed by atoms with Crippen molar-refractivity contribution in [2.45, 2.75) is 59.3 Å². The summed E-state index contributed by atoms with van der Waals surface area (Å²) in [5.41, 5.74) is 2.35. The zero-order valence-electron chi connectivity index (χ0n) is 12.0. The molecule has 0 aliphatic rings. The Morgan fingerprint density at radius 3 is 2.12 bits per heavy atom. The first-order valence-corrected chi connectivity index (χ1v) is 6.61. The number of rotatable bonds is 5. The standard InChI is InChI=1S/C14H25N3/c1-7-11(8-2)13-16-10(5)12(9(3)4)14(15-6)17-13/h9,11H,7-8H2,1-6H3,(H,15,16,17). The van der Waals surface area contributed by atoms with E-state index in [0.717, 1.165) is 30.2 Å². The van der Waals surface area contributed by atoms with Crippen LogP contribution in [0.15, 0.2) is 0 Å². The molecule has 1 rings (SSSR count). The molecule has 0 radical (unpaired) electrons. The van der Waals surface area contributed by atoms with Gasteiger partial charge in [0.25, 0.3) is 0 Å². The van der Waals surface area contributed by atoms with Crippen LogP contribution in [0.4, 0.5) is 5.82 Å². The molecule has 0 atom stereocenters. The van der Waals surface area contributed by atoms with Crippen LogP contribution in [0.5, 0.6) is 0 Å². The Bertz CT molecular complexity index is 368. The predicted molar refractivity (Wildman–Crippen MR) is 73.7 cm³/mol. The van der Waals surface area contributed by atoms with Gasteiger partial charge in [-0.25, -0.2) is 9.97 Å². The first kappa shape index (κ1) is 13.9. The monoisotopic (exact) mass is 235 g/mol. The first-order chi connectivity index (χ1) is 8.04. The minimum absolute atomic E-state index is 0.452. The summed E-state index contributed by atoms with van der Waals surface area (Å²) in [5.74, 6) is 2.91. The molecule has 0 bridgehead atoms. The van der Waals surface area contributed by atoms with Crippen molar-refractivity contribution >= 4 is 5.82 Å². The number of nitrogens with zero attached hydrogens (tertiary/aromatic N) is 2. The van der Waals surface area contributed by atoms with Crippen LogP contribution in [0.2, 0.25) is 0 Å². The lowest BCUT2D eigenvalue weighted by Gasteiger charge is -2.18. The fourth-order valence-corrected chi connectivity index (χ4v) is 2.32. The van der Waals surface area contributed by atoms with E-state index in [1.54, 1.807) is 0 Å². The van der Waals surface area contributed by atoms with Gasteiger partial charge in [0, 0.05) is 24.2 Å². The van der Waals surface area contributed by atoms with Gasteiger partial charge in [-0.15, -0.1) is 0 Å². The van der Waals surface area contributed by atoms with Crippen LogP contribution in [0.3, 0.4) is 0 Å². The molecule has 0 aliphatic carbocycles. The van der Waals surface area contributed by atoms with Crippen molar-refractivity contribution in [3.8, 4) is 0 Å². The number of anilines is 1. The van der Waals surface area contributed by atoms with Crippen LogP contribution in [-0.4, -0.2) is 17.0 Å². The quantitative estimate of drug-likeness (QED) is 0.842. The molecule has 0 amide bonds. The second-order valence-electron chi connectivity index (χ2n) is 4.85. The van der Waals surface area contributed by atoms with Crippen molar-refractivity contribution in [2.75, 3.05) is 12.4 Å². The van der Waals surface area contributed by atoms with Gasteiger partial charge in [-0.2, -0.15) is 0 Å². The molecule has 96 valence electrons. The molecule has 0 saturated heterocycles. The Labute approximate surface area is 105 Å². The van der Waals surface area contributed by atoms with Crippen molar-refractivity contribution < 1.29 is 0 Å². The summed E-state index contributed by atoms with van der Waals surface area (Å²) in [7, 11) is 1.93. The van der Waals surface area contributed by atoms with Gasteiger partial charge < -0.3 is 5.32 Å². The molecular weight excluding hydrogens is 210 g/mol. The van der Waals surface area contributed by atoms with Crippen molar-refractivity contribution in [3.05, 3.63) is 17.1 Å². The van der Waals surface area contributed by atoms with Crippen molar-refractivity contribution in [2.24, 2.45) is 0 Å². The van der Waals surface area contributed by atoms with Crippen molar-refractivity contribution in [1.29, 1.82) is 0 Å². The molecule has 0 aliphatic heterocycles. The topological polar surface area (TPSA) is 37.8 Å². The van der Waals surface area contributed by atoms with Crippen LogP contribution < -0.4 is 5.32 Å². The van der Waals surface area contributed by atoms with E-state index in [4.69, 9.17) is 9.97 Å². The zero-order chi connectivity index (χ0) is 13.0. The van der Waals surface area contributed by atoms with Gasteiger partial charge in [-0.05, 0) is 25.7 Å². The fourth-order valence-electron chi connectivity index (χ4n) is 2.32. The van der Waals surface area contributed by atoms with E-state index in [1.165, 1.54) is 5.56 Å². The molecule has 0 unspecified atom stereocenters. The minimum atomic E-state index is 0.452. The molecule has 17 heavy (non-hydrogen) atoms. The SMILES string of the molecule is CCC(CC)c1nc(C)c(C(C)C)c(NC)n1. The second kappa shape index (κ2) is 5.99. The Balaban J connectivity index is 3.26. The number of aryl methyl sites for hydroxylation is 1. The van der Waals surface area contributed by atoms with E-state index in [0.29, 0.717) is 11.8 Å². The molecule has 1 aromatic heterocycles. The first-order valence-electron chi connectivity index (χ1n) is 6.61. The molecule has 1 aromatic rings. The summed E-state index contributed by atoms with van der Waals surface area (Å²) in [6.45, 7) is 10.8. The summed E-state index contributed by atoms with van der Waals surface area (Å²) >= 11 is 0. The van der Waals surface area contributed by atoms with Gasteiger partial charge in [0.1, 0.15) is 11.6 Å². The molecule has 0 aromatic carbocycles. The van der Waals surface area contributed by atoms with Gasteiger partial charge in [0.15, 0.2) is 0 Å². The van der Waals surface area contributed by atoms with E-state index in [9.17, 15) is 0 Å². The fraction of sp³-hybridized carbons (Fsp3) is 0.714. The lowest BCUT2D eigenvalue weighted by molar-refractivity contribution is 0.597. The number of hydrogen-bond acceptors (Lipinski definition) is 3. The average molecular weight is 235 g/mol. The van der Waals surface area contributed by atoms with Crippen LogP contribution in [0.1, 0.15) is 69.5 Å². The Morgan fingerprint density at radius 1 is 1.12 bits per heavy atom. The van der Waals surface area contributed by atoms with Gasteiger partial charge in [0.2, 0.25) is 0 Å². The number of hydrogen-bond donors (Lipinski definition) is 1. The molecule has 3 heteroatoms. The molecule has 0 fully saturated rings. The summed E-state index contributed by atoms with van der Waals surface area (Å²) in [6, 6.07) is 0. The largest absolute Gasteiger partial charge is 0.373 e. The molecule has 0 spiro atoms. The summed E-state index contributed by atoms with van der Waals surface area (Å²) in [5, 5.41) is 3.21. The normalized spacial score (nSPS) is 11.3. The minimum Gasteiger partial charge on any atom is -0.373 e. The van der Waals surface area contributed by atoms with Crippen LogP contribution in [0, 0.1) is 6.92 Å². The number of aromatic nitrogens is 2. The van der Waals surface area contributed by atoms with Crippen LogP contribution >= 0.6 is 0 Å². The van der Waals surface area contributed by atoms with Crippen molar-refractivity contribution in [1.82, 2.24) is 9.97 Å². The van der Waals surface area contributed by atoms with E-state index < -0.39 is 0 Å². The Morgan fingerprint density at radius 2 is 1.71 bits per heavy atom. The summed E-state index contributed by atoms with van der Waals surface area (Å²) in [6.07, 6.45) is 2.19. The lowest BCUT2D eigenvalue weighted by Crippen LogP contribution is -2.11. The molecular formula is C14H25N3. The van der Waals surface area contributed by atoms with E-state index >= 15 is 0 Å². The maximum Gasteiger partial charge on any atom is 0.134 e. The third-order valence-electron chi connectivity index (χ3n) is 3.32. The smallest absolute Gasteiger partial charge is 0.134 e. The van der Waals surface area contributed by atoms with Crippen LogP contribution in [0.25, 0.3) is 0 Å². The highest BCUT2D eigenvalue weighted by Crippen LogP contribution is 2.28. The van der Waals surface area contributed by atoms with Crippen molar-refractivity contribution in [3.63, 3.8) is 0 Å². The summed E-state index contributed by atoms with van der Waals surface area (Å²) in [4.78, 5) is 9.39. The van der Waals surface area contributed by atoms with Gasteiger partial charge in [0.05, 0.1) is 0 Å². The maximum atomic E-state index is 4.69. The maximum absolute atomic E-state index is 4.69. The molecule has 0 saturated carbocycles. The molecule has 3 nitrogen and oxygen atoms in total. The van der Waals surface area contributed by atoms with Gasteiger partial charge in [-0.3, -0.25) is 0 Å². The highest BCUT2D eigenvalue weighted by atomic mass is 15.0. The highest BCUT2D eigenvalue weighted by Gasteiger charge is 2.17. The van der Waals surface area contributed by atoms with Crippen LogP contribution in [-0.2, 0) is 0 Å².